The second kappa shape index (κ2) is 8.16. The van der Waals surface area contributed by atoms with E-state index in [1.807, 2.05) is 57.2 Å². The topological polar surface area (TPSA) is 89.8 Å². The van der Waals surface area contributed by atoms with Crippen LogP contribution < -0.4 is 10.9 Å². The maximum atomic E-state index is 13.2. The first-order chi connectivity index (χ1) is 14.5. The zero-order chi connectivity index (χ0) is 21.3. The Morgan fingerprint density at radius 3 is 2.73 bits per heavy atom. The average Bonchev–Trinajstić information content (AvgIpc) is 3.18. The van der Waals surface area contributed by atoms with Gasteiger partial charge in [0.2, 0.25) is 5.91 Å². The Morgan fingerprint density at radius 2 is 2.00 bits per heavy atom. The van der Waals surface area contributed by atoms with E-state index >= 15 is 0 Å². The normalized spacial score (nSPS) is 11.0. The SMILES string of the molecule is CCc1nc2c(-c3ccccn3)nsc2c(=O)n1CC(=O)Nc1cccc(C)c1C. The summed E-state index contributed by atoms with van der Waals surface area (Å²) in [6, 6.07) is 11.3. The number of rotatable bonds is 5. The van der Waals surface area contributed by atoms with Crippen molar-refractivity contribution in [3.63, 3.8) is 0 Å². The predicted octanol–water partition coefficient (Wildman–Crippen LogP) is 3.73. The number of nitrogens with zero attached hydrogens (tertiary/aromatic N) is 4. The van der Waals surface area contributed by atoms with Gasteiger partial charge in [-0.1, -0.05) is 25.1 Å². The van der Waals surface area contributed by atoms with Gasteiger partial charge in [-0.3, -0.25) is 19.1 Å². The molecule has 0 fully saturated rings. The van der Waals surface area contributed by atoms with Crippen molar-refractivity contribution in [2.45, 2.75) is 33.7 Å². The fourth-order valence-corrected chi connectivity index (χ4v) is 4.06. The van der Waals surface area contributed by atoms with Crippen molar-refractivity contribution in [1.29, 1.82) is 0 Å². The molecule has 7 nitrogen and oxygen atoms in total. The number of carbonyl (C=O) groups excluding carboxylic acids is 1. The van der Waals surface area contributed by atoms with Crippen LogP contribution >= 0.6 is 11.5 Å². The predicted molar refractivity (Wildman–Crippen MR) is 119 cm³/mol. The Morgan fingerprint density at radius 1 is 1.17 bits per heavy atom. The summed E-state index contributed by atoms with van der Waals surface area (Å²) < 4.78 is 6.27. The largest absolute Gasteiger partial charge is 0.324 e. The van der Waals surface area contributed by atoms with E-state index in [0.29, 0.717) is 33.8 Å². The number of hydrogen-bond donors (Lipinski definition) is 1. The summed E-state index contributed by atoms with van der Waals surface area (Å²) in [5.41, 5.74) is 4.38. The Hall–Kier alpha value is -3.39. The molecule has 1 aromatic carbocycles. The maximum Gasteiger partial charge on any atom is 0.273 e. The fraction of sp³-hybridized carbons (Fsp3) is 0.227. The third-order valence-corrected chi connectivity index (χ3v) is 5.89. The molecule has 30 heavy (non-hydrogen) atoms. The van der Waals surface area contributed by atoms with Gasteiger partial charge in [0, 0.05) is 18.3 Å². The standard InChI is InChI=1S/C22H21N5O2S/c1-4-17-25-20-19(16-9-5-6-11-23-16)26-30-21(20)22(29)27(17)12-18(28)24-15-10-7-8-13(2)14(15)3/h5-11H,4,12H2,1-3H3,(H,24,28). The molecular weight excluding hydrogens is 398 g/mol. The summed E-state index contributed by atoms with van der Waals surface area (Å²) >= 11 is 1.09. The molecule has 0 aliphatic rings. The van der Waals surface area contributed by atoms with Crippen LogP contribution in [0.2, 0.25) is 0 Å². The quantitative estimate of drug-likeness (QED) is 0.532. The molecule has 0 saturated carbocycles. The van der Waals surface area contributed by atoms with Gasteiger partial charge >= 0.3 is 0 Å². The summed E-state index contributed by atoms with van der Waals surface area (Å²) in [5, 5.41) is 2.91. The van der Waals surface area contributed by atoms with Crippen LogP contribution in [0.15, 0.2) is 47.4 Å². The van der Waals surface area contributed by atoms with E-state index in [0.717, 1.165) is 28.3 Å². The Balaban J connectivity index is 1.71. The number of carbonyl (C=O) groups is 1. The molecule has 4 aromatic rings. The number of hydrogen-bond acceptors (Lipinski definition) is 6. The van der Waals surface area contributed by atoms with Crippen molar-refractivity contribution in [2.24, 2.45) is 0 Å². The van der Waals surface area contributed by atoms with Gasteiger partial charge in [-0.2, -0.15) is 4.37 Å². The highest BCUT2D eigenvalue weighted by atomic mass is 32.1. The van der Waals surface area contributed by atoms with Crippen molar-refractivity contribution in [2.75, 3.05) is 5.32 Å². The molecule has 0 bridgehead atoms. The van der Waals surface area contributed by atoms with Crippen molar-refractivity contribution in [3.8, 4) is 11.4 Å². The molecule has 0 saturated heterocycles. The highest BCUT2D eigenvalue weighted by Crippen LogP contribution is 2.26. The van der Waals surface area contributed by atoms with E-state index in [9.17, 15) is 9.59 Å². The number of anilines is 1. The number of fused-ring (bicyclic) bond motifs is 1. The van der Waals surface area contributed by atoms with Crippen molar-refractivity contribution >= 4 is 33.3 Å². The van der Waals surface area contributed by atoms with Crippen LogP contribution in [0, 0.1) is 13.8 Å². The van der Waals surface area contributed by atoms with Crippen LogP contribution in [0.1, 0.15) is 23.9 Å². The molecule has 0 aliphatic heterocycles. The van der Waals surface area contributed by atoms with E-state index in [-0.39, 0.29) is 18.0 Å². The number of benzene rings is 1. The van der Waals surface area contributed by atoms with E-state index < -0.39 is 0 Å². The van der Waals surface area contributed by atoms with Crippen LogP contribution in [0.4, 0.5) is 5.69 Å². The zero-order valence-electron chi connectivity index (χ0n) is 17.0. The summed E-state index contributed by atoms with van der Waals surface area (Å²) in [6.07, 6.45) is 2.19. The van der Waals surface area contributed by atoms with Crippen molar-refractivity contribution < 1.29 is 4.79 Å². The molecule has 0 atom stereocenters. The number of pyridine rings is 1. The number of nitrogens with one attached hydrogen (secondary N) is 1. The molecule has 1 amide bonds. The first kappa shape index (κ1) is 19.9. The molecule has 3 aromatic heterocycles. The minimum Gasteiger partial charge on any atom is -0.324 e. The highest BCUT2D eigenvalue weighted by molar-refractivity contribution is 7.13. The molecule has 3 heterocycles. The maximum absolute atomic E-state index is 13.2. The lowest BCUT2D eigenvalue weighted by atomic mass is 10.1. The van der Waals surface area contributed by atoms with Gasteiger partial charge in [0.05, 0.1) is 5.69 Å². The molecule has 0 radical (unpaired) electrons. The van der Waals surface area contributed by atoms with Gasteiger partial charge in [-0.15, -0.1) is 0 Å². The highest BCUT2D eigenvalue weighted by Gasteiger charge is 2.19. The lowest BCUT2D eigenvalue weighted by Gasteiger charge is -2.13. The van der Waals surface area contributed by atoms with Gasteiger partial charge in [-0.05, 0) is 54.7 Å². The molecule has 8 heteroatoms. The minimum absolute atomic E-state index is 0.102. The second-order valence-electron chi connectivity index (χ2n) is 6.99. The smallest absolute Gasteiger partial charge is 0.273 e. The van der Waals surface area contributed by atoms with Gasteiger partial charge in [0.25, 0.3) is 5.56 Å². The van der Waals surface area contributed by atoms with Gasteiger partial charge in [-0.25, -0.2) is 4.98 Å². The number of aromatic nitrogens is 4. The molecule has 0 spiro atoms. The van der Waals surface area contributed by atoms with E-state index in [2.05, 4.69) is 19.7 Å². The molecule has 0 unspecified atom stereocenters. The van der Waals surface area contributed by atoms with E-state index in [1.165, 1.54) is 4.57 Å². The number of amides is 1. The third-order valence-electron chi connectivity index (χ3n) is 5.06. The molecular formula is C22H21N5O2S. The van der Waals surface area contributed by atoms with E-state index in [1.54, 1.807) is 6.20 Å². The Bertz CT molecular complexity index is 1290. The average molecular weight is 420 g/mol. The first-order valence-corrected chi connectivity index (χ1v) is 10.4. The summed E-state index contributed by atoms with van der Waals surface area (Å²) in [6.45, 7) is 5.76. The van der Waals surface area contributed by atoms with Crippen molar-refractivity contribution in [1.82, 2.24) is 18.9 Å². The second-order valence-corrected chi connectivity index (χ2v) is 7.77. The lowest BCUT2D eigenvalue weighted by molar-refractivity contribution is -0.116. The van der Waals surface area contributed by atoms with Crippen LogP contribution in [0.25, 0.3) is 21.6 Å². The lowest BCUT2D eigenvalue weighted by Crippen LogP contribution is -2.30. The van der Waals surface area contributed by atoms with Crippen molar-refractivity contribution in [3.05, 3.63) is 69.9 Å². The number of aryl methyl sites for hydroxylation is 2. The van der Waals surface area contributed by atoms with Crippen LogP contribution in [-0.4, -0.2) is 24.8 Å². The Kier molecular flexibility index (Phi) is 5.41. The zero-order valence-corrected chi connectivity index (χ0v) is 17.8. The molecule has 1 N–H and O–H groups in total. The monoisotopic (exact) mass is 419 g/mol. The van der Waals surface area contributed by atoms with Gasteiger partial charge in [0.1, 0.15) is 28.3 Å². The summed E-state index contributed by atoms with van der Waals surface area (Å²) in [4.78, 5) is 34.9. The van der Waals surface area contributed by atoms with Gasteiger partial charge in [0.15, 0.2) is 0 Å². The fourth-order valence-electron chi connectivity index (χ4n) is 3.28. The van der Waals surface area contributed by atoms with E-state index in [4.69, 9.17) is 0 Å². The van der Waals surface area contributed by atoms with Crippen LogP contribution in [-0.2, 0) is 17.8 Å². The molecule has 152 valence electrons. The summed E-state index contributed by atoms with van der Waals surface area (Å²) in [5.74, 6) is 0.275. The third kappa shape index (κ3) is 3.61. The first-order valence-electron chi connectivity index (χ1n) is 9.66. The molecule has 4 rings (SSSR count). The van der Waals surface area contributed by atoms with Gasteiger partial charge < -0.3 is 5.32 Å². The Labute approximate surface area is 177 Å². The molecule has 0 aliphatic carbocycles. The summed E-state index contributed by atoms with van der Waals surface area (Å²) in [7, 11) is 0. The van der Waals surface area contributed by atoms with Crippen LogP contribution in [0.5, 0.6) is 0 Å². The van der Waals surface area contributed by atoms with Crippen LogP contribution in [0.3, 0.4) is 0 Å². The minimum atomic E-state index is -0.267.